The summed E-state index contributed by atoms with van der Waals surface area (Å²) in [6.07, 6.45) is -15.0. The number of likely N-dealkylation sites (tertiary alicyclic amines) is 1. The van der Waals surface area contributed by atoms with E-state index in [-0.39, 0.29) is 32.1 Å². The summed E-state index contributed by atoms with van der Waals surface area (Å²) in [5, 5.41) is 11.7. The van der Waals surface area contributed by atoms with E-state index in [1.807, 2.05) is 0 Å². The molecule has 0 bridgehead atoms. The number of aromatic nitrogens is 1. The van der Waals surface area contributed by atoms with Crippen LogP contribution in [0.2, 0.25) is 0 Å². The second-order valence-corrected chi connectivity index (χ2v) is 11.5. The summed E-state index contributed by atoms with van der Waals surface area (Å²) in [6.45, 7) is 3.97. The van der Waals surface area contributed by atoms with E-state index in [9.17, 15) is 49.8 Å². The average Bonchev–Trinajstić information content (AvgIpc) is 3.46. The number of aliphatic hydroxyl groups is 1. The highest BCUT2D eigenvalue weighted by molar-refractivity contribution is 7.17. The first kappa shape index (κ1) is 32.6. The molecule has 3 rings (SSSR count). The fourth-order valence-electron chi connectivity index (χ4n) is 4.34. The van der Waals surface area contributed by atoms with Gasteiger partial charge >= 0.3 is 12.4 Å². The molecule has 16 heteroatoms. The van der Waals surface area contributed by atoms with E-state index in [1.165, 1.54) is 18.7 Å². The summed E-state index contributed by atoms with van der Waals surface area (Å²) >= 11 is 0.328. The molecule has 6 nitrogen and oxygen atoms in total. The molecule has 1 atom stereocenters. The molecule has 0 aliphatic carbocycles. The zero-order valence-electron chi connectivity index (χ0n) is 22.1. The van der Waals surface area contributed by atoms with Crippen LogP contribution in [0.5, 0.6) is 0 Å². The van der Waals surface area contributed by atoms with Crippen molar-refractivity contribution in [3.05, 3.63) is 39.8 Å². The van der Waals surface area contributed by atoms with Gasteiger partial charge in [-0.3, -0.25) is 9.59 Å². The van der Waals surface area contributed by atoms with Gasteiger partial charge in [-0.25, -0.2) is 18.2 Å². The summed E-state index contributed by atoms with van der Waals surface area (Å²) < 4.78 is 126. The third-order valence-electron chi connectivity index (χ3n) is 6.83. The monoisotopic (exact) mass is 619 g/mol. The lowest BCUT2D eigenvalue weighted by molar-refractivity contribution is -0.298. The fourth-order valence-corrected chi connectivity index (χ4v) is 5.36. The van der Waals surface area contributed by atoms with E-state index < -0.39 is 79.7 Å². The van der Waals surface area contributed by atoms with Gasteiger partial charge in [0.2, 0.25) is 0 Å². The van der Waals surface area contributed by atoms with Crippen molar-refractivity contribution >= 4 is 23.2 Å². The Morgan fingerprint density at radius 2 is 1.71 bits per heavy atom. The van der Waals surface area contributed by atoms with Crippen molar-refractivity contribution in [1.82, 2.24) is 15.2 Å². The lowest BCUT2D eigenvalue weighted by Crippen LogP contribution is -2.52. The molecule has 1 aromatic heterocycles. The first-order valence-corrected chi connectivity index (χ1v) is 13.0. The maximum absolute atomic E-state index is 15.4. The summed E-state index contributed by atoms with van der Waals surface area (Å²) in [7, 11) is 0. The van der Waals surface area contributed by atoms with Gasteiger partial charge in [0.25, 0.3) is 18.2 Å². The fraction of sp³-hybridized carbons (Fsp3) is 0.560. The largest absolute Gasteiger partial charge is 0.407 e. The standard InChI is InChI=1S/C25H26F9N3O3S/c1-11-6-5-9-37(11)21(39)16-17(41-20(36-16)19(38)35-10-22(2,3)40)12-7-8-13(15(26)14(12)18(27)28)23(4,24(29,30)31)25(32,33)34/h7-8,11,18,40H,5-6,9-10H2,1-4H3,(H,35,38)/t11-/m0/s1. The molecule has 2 heterocycles. The highest BCUT2D eigenvalue weighted by Crippen LogP contribution is 2.54. The van der Waals surface area contributed by atoms with E-state index in [1.54, 1.807) is 6.92 Å². The molecule has 0 spiro atoms. The van der Waals surface area contributed by atoms with Crippen LogP contribution in [-0.4, -0.2) is 63.9 Å². The van der Waals surface area contributed by atoms with Gasteiger partial charge in [0.1, 0.15) is 11.5 Å². The molecule has 1 fully saturated rings. The molecule has 1 aromatic carbocycles. The molecular weight excluding hydrogens is 593 g/mol. The minimum atomic E-state index is -6.11. The number of nitrogens with one attached hydrogen (secondary N) is 1. The number of benzene rings is 1. The molecule has 2 amide bonds. The number of thiazole rings is 1. The van der Waals surface area contributed by atoms with Gasteiger partial charge in [-0.05, 0) is 40.5 Å². The van der Waals surface area contributed by atoms with Crippen molar-refractivity contribution < 1.29 is 54.2 Å². The van der Waals surface area contributed by atoms with E-state index in [4.69, 9.17) is 0 Å². The summed E-state index contributed by atoms with van der Waals surface area (Å²) in [4.78, 5) is 30.8. The second-order valence-electron chi connectivity index (χ2n) is 10.5. The van der Waals surface area contributed by atoms with Gasteiger partial charge in [-0.15, -0.1) is 11.3 Å². The average molecular weight is 620 g/mol. The zero-order chi connectivity index (χ0) is 31.3. The first-order valence-electron chi connectivity index (χ1n) is 12.2. The maximum Gasteiger partial charge on any atom is 0.407 e. The van der Waals surface area contributed by atoms with Crippen molar-refractivity contribution in [2.75, 3.05) is 13.1 Å². The van der Waals surface area contributed by atoms with E-state index in [0.717, 1.165) is 0 Å². The number of hydrogen-bond donors (Lipinski definition) is 2. The number of hydrogen-bond acceptors (Lipinski definition) is 5. The van der Waals surface area contributed by atoms with Crippen molar-refractivity contribution in [1.29, 1.82) is 0 Å². The summed E-state index contributed by atoms with van der Waals surface area (Å²) in [5.74, 6) is -4.25. The molecule has 2 N–H and O–H groups in total. The summed E-state index contributed by atoms with van der Waals surface area (Å²) in [6, 6.07) is 0.196. The Balaban J connectivity index is 2.28. The van der Waals surface area contributed by atoms with Crippen molar-refractivity contribution in [2.45, 2.75) is 76.4 Å². The highest BCUT2D eigenvalue weighted by atomic mass is 32.1. The Morgan fingerprint density at radius 3 is 2.17 bits per heavy atom. The minimum absolute atomic E-state index is 0.0952. The molecule has 1 saturated heterocycles. The molecule has 0 saturated carbocycles. The number of carbonyl (C=O) groups excluding carboxylic acids is 2. The third kappa shape index (κ3) is 6.17. The number of carbonyl (C=O) groups is 2. The molecular formula is C25H26F9N3O3S. The Hall–Kier alpha value is -2.88. The van der Waals surface area contributed by atoms with Crippen LogP contribution in [0.15, 0.2) is 12.1 Å². The lowest BCUT2D eigenvalue weighted by atomic mass is 9.79. The van der Waals surface area contributed by atoms with E-state index in [0.29, 0.717) is 30.2 Å². The molecule has 1 aliphatic rings. The van der Waals surface area contributed by atoms with Crippen LogP contribution in [0.1, 0.15) is 78.4 Å². The van der Waals surface area contributed by atoms with Gasteiger partial charge in [0.15, 0.2) is 10.4 Å². The van der Waals surface area contributed by atoms with Crippen LogP contribution < -0.4 is 5.32 Å². The maximum atomic E-state index is 15.4. The van der Waals surface area contributed by atoms with Gasteiger partial charge in [-0.2, -0.15) is 26.3 Å². The van der Waals surface area contributed by atoms with Crippen LogP contribution in [-0.2, 0) is 5.41 Å². The predicted molar refractivity (Wildman–Crippen MR) is 130 cm³/mol. The Morgan fingerprint density at radius 1 is 1.12 bits per heavy atom. The van der Waals surface area contributed by atoms with Crippen LogP contribution >= 0.6 is 11.3 Å². The molecule has 2 aromatic rings. The molecule has 0 radical (unpaired) electrons. The first-order chi connectivity index (χ1) is 18.6. The second kappa shape index (κ2) is 11.1. The molecule has 41 heavy (non-hydrogen) atoms. The lowest BCUT2D eigenvalue weighted by Gasteiger charge is -2.35. The van der Waals surface area contributed by atoms with Gasteiger partial charge in [0, 0.05) is 30.3 Å². The van der Waals surface area contributed by atoms with Crippen LogP contribution in [0, 0.1) is 5.82 Å². The van der Waals surface area contributed by atoms with Gasteiger partial charge in [0.05, 0.1) is 16.0 Å². The normalized spacial score (nSPS) is 17.0. The molecule has 0 unspecified atom stereocenters. The van der Waals surface area contributed by atoms with Crippen molar-refractivity contribution in [2.24, 2.45) is 0 Å². The van der Waals surface area contributed by atoms with Crippen LogP contribution in [0.25, 0.3) is 10.4 Å². The zero-order valence-corrected chi connectivity index (χ0v) is 22.9. The van der Waals surface area contributed by atoms with E-state index >= 15 is 4.39 Å². The smallest absolute Gasteiger partial charge is 0.389 e. The summed E-state index contributed by atoms with van der Waals surface area (Å²) in [5.41, 5.74) is -11.6. The number of rotatable bonds is 7. The van der Waals surface area contributed by atoms with Gasteiger partial charge in [-0.1, -0.05) is 12.1 Å². The van der Waals surface area contributed by atoms with E-state index in [2.05, 4.69) is 10.3 Å². The van der Waals surface area contributed by atoms with Crippen molar-refractivity contribution in [3.8, 4) is 10.4 Å². The van der Waals surface area contributed by atoms with Crippen LogP contribution in [0.3, 0.4) is 0 Å². The Bertz CT molecular complexity index is 1300. The highest BCUT2D eigenvalue weighted by Gasteiger charge is 2.69. The third-order valence-corrected chi connectivity index (χ3v) is 7.92. The Kier molecular flexibility index (Phi) is 8.82. The quantitative estimate of drug-likeness (QED) is 0.352. The number of alkyl halides is 8. The number of amides is 2. The number of halogens is 9. The van der Waals surface area contributed by atoms with Crippen LogP contribution in [0.4, 0.5) is 39.5 Å². The molecule has 1 aliphatic heterocycles. The SMILES string of the molecule is C[C@H]1CCCN1C(=O)c1nc(C(=O)NCC(C)(C)O)sc1-c1ccc(C(C)(C(F)(F)F)C(F)(F)F)c(F)c1C(F)F. The minimum Gasteiger partial charge on any atom is -0.389 e. The van der Waals surface area contributed by atoms with Crippen molar-refractivity contribution in [3.63, 3.8) is 0 Å². The number of nitrogens with zero attached hydrogens (tertiary/aromatic N) is 2. The Labute approximate surface area is 232 Å². The topological polar surface area (TPSA) is 82.5 Å². The van der Waals surface area contributed by atoms with Gasteiger partial charge < -0.3 is 15.3 Å². The molecule has 228 valence electrons. The predicted octanol–water partition coefficient (Wildman–Crippen LogP) is 6.39.